The van der Waals surface area contributed by atoms with Gasteiger partial charge in [-0.25, -0.2) is 14.5 Å². The third kappa shape index (κ3) is 9.52. The zero-order valence-electron chi connectivity index (χ0n) is 37.6. The number of piperazine rings is 1. The van der Waals surface area contributed by atoms with Crippen LogP contribution in [-0.4, -0.2) is 131 Å². The van der Waals surface area contributed by atoms with Crippen LogP contribution in [0.25, 0.3) is 10.8 Å². The first-order valence-corrected chi connectivity index (χ1v) is 23.2. The van der Waals surface area contributed by atoms with Crippen LogP contribution >= 0.6 is 0 Å². The molecule has 3 aromatic rings. The molecule has 0 bridgehead atoms. The molecule has 3 fully saturated rings. The van der Waals surface area contributed by atoms with Crippen LogP contribution in [0, 0.1) is 0 Å². The lowest BCUT2D eigenvalue weighted by molar-refractivity contribution is -0.198. The molecule has 4 atom stereocenters. The van der Waals surface area contributed by atoms with Crippen LogP contribution in [0.4, 0.5) is 21.0 Å². The van der Waals surface area contributed by atoms with E-state index in [-0.39, 0.29) is 30.4 Å². The predicted octanol–water partition coefficient (Wildman–Crippen LogP) is 8.08. The monoisotopic (exact) mass is 881 g/mol. The molecule has 5 aliphatic heterocycles. The number of methoxy groups -OCH3 is 1. The highest BCUT2D eigenvalue weighted by molar-refractivity contribution is 6.06. The summed E-state index contributed by atoms with van der Waals surface area (Å²) in [4.78, 5) is 64.8. The average Bonchev–Trinajstić information content (AvgIpc) is 3.67. The lowest BCUT2D eigenvalue weighted by atomic mass is 9.93. The molecule has 0 saturated carbocycles. The van der Waals surface area contributed by atoms with Crippen molar-refractivity contribution in [2.24, 2.45) is 0 Å². The average molecular weight is 882 g/mol. The molecule has 0 aliphatic carbocycles. The lowest BCUT2D eigenvalue weighted by Gasteiger charge is -2.42. The molecule has 3 saturated heterocycles. The zero-order valence-corrected chi connectivity index (χ0v) is 37.6. The fourth-order valence-corrected chi connectivity index (χ4v) is 9.78. The number of unbranched alkanes of at least 4 members (excludes halogenated alkanes) is 2. The Bertz CT molecular complexity index is 2190. The first-order chi connectivity index (χ1) is 31.2. The van der Waals surface area contributed by atoms with E-state index in [2.05, 4.69) is 24.5 Å². The number of nitrogens with zero attached hydrogens (tertiary/aromatic N) is 5. The van der Waals surface area contributed by atoms with Crippen molar-refractivity contribution in [3.05, 3.63) is 66.2 Å². The Morgan fingerprint density at radius 2 is 1.66 bits per heavy atom. The first-order valence-electron chi connectivity index (χ1n) is 23.2. The Labute approximate surface area is 376 Å². The highest BCUT2D eigenvalue weighted by atomic mass is 16.7. The molecule has 0 spiro atoms. The summed E-state index contributed by atoms with van der Waals surface area (Å²) in [5, 5.41) is 1.87. The van der Waals surface area contributed by atoms with Gasteiger partial charge in [0, 0.05) is 75.7 Å². The van der Waals surface area contributed by atoms with Gasteiger partial charge in [-0.1, -0.05) is 43.8 Å². The van der Waals surface area contributed by atoms with Crippen molar-refractivity contribution >= 4 is 46.1 Å². The maximum absolute atomic E-state index is 14.3. The van der Waals surface area contributed by atoms with Gasteiger partial charge in [-0.2, -0.15) is 0 Å². The van der Waals surface area contributed by atoms with Crippen molar-refractivity contribution in [3.63, 3.8) is 0 Å². The smallest absolute Gasteiger partial charge is 0.416 e. The van der Waals surface area contributed by atoms with Gasteiger partial charge in [0.25, 0.3) is 5.91 Å². The number of ether oxygens (including phenoxy) is 6. The standard InChI is InChI=1S/C49H63N5O10/c1-5-26-62-49(58)54-38-30-42(41(59-4)29-36(38)46(56)52-21-13-11-18-37(52)47(54)64-44-20-12-15-28-61-44)60-27-14-7-8-19-43(55)53-32-33(6-2)45-35-17-10-9-16-34(35)40(31-39(45)53)63-48(57)51-24-22-50(3)23-25-51/h5,9-10,16-17,29-31,33,37,44,47H,1,6-8,11-15,18-28,32H2,2-4H3/t33-,37+,44?,47?/m1/s1. The van der Waals surface area contributed by atoms with E-state index in [4.69, 9.17) is 28.4 Å². The number of carbonyl (C=O) groups excluding carboxylic acids is 4. The second-order valence-corrected chi connectivity index (χ2v) is 17.4. The summed E-state index contributed by atoms with van der Waals surface area (Å²) in [5.41, 5.74) is 2.55. The van der Waals surface area contributed by atoms with Crippen LogP contribution in [0.5, 0.6) is 17.2 Å². The van der Waals surface area contributed by atoms with E-state index in [1.54, 1.807) is 17.0 Å². The third-order valence-electron chi connectivity index (χ3n) is 13.3. The molecular weight excluding hydrogens is 819 g/mol. The van der Waals surface area contributed by atoms with Gasteiger partial charge in [0.1, 0.15) is 12.4 Å². The molecule has 8 rings (SSSR count). The van der Waals surface area contributed by atoms with Gasteiger partial charge in [-0.3, -0.25) is 9.59 Å². The minimum absolute atomic E-state index is 0.0182. The first kappa shape index (κ1) is 45.2. The Hall–Kier alpha value is -5.38. The third-order valence-corrected chi connectivity index (χ3v) is 13.3. The summed E-state index contributed by atoms with van der Waals surface area (Å²) in [6.07, 6.45) is 7.22. The largest absolute Gasteiger partial charge is 0.493 e. The van der Waals surface area contributed by atoms with Crippen molar-refractivity contribution in [1.82, 2.24) is 14.7 Å². The molecule has 2 unspecified atom stereocenters. The minimum Gasteiger partial charge on any atom is -0.493 e. The number of benzene rings is 3. The highest BCUT2D eigenvalue weighted by Crippen LogP contribution is 2.47. The van der Waals surface area contributed by atoms with Gasteiger partial charge in [0.2, 0.25) is 5.91 Å². The number of rotatable bonds is 14. The number of amides is 4. The quantitative estimate of drug-likeness (QED) is 0.115. The van der Waals surface area contributed by atoms with E-state index < -0.39 is 24.7 Å². The fraction of sp³-hybridized carbons (Fsp3) is 0.551. The number of piperidine rings is 1. The molecule has 5 heterocycles. The molecule has 15 heteroatoms. The van der Waals surface area contributed by atoms with E-state index in [0.29, 0.717) is 100.0 Å². The summed E-state index contributed by atoms with van der Waals surface area (Å²) < 4.78 is 36.5. The molecule has 15 nitrogen and oxygen atoms in total. The van der Waals surface area contributed by atoms with E-state index >= 15 is 0 Å². The normalized spacial score (nSPS) is 22.3. The molecule has 0 radical (unpaired) electrons. The summed E-state index contributed by atoms with van der Waals surface area (Å²) in [7, 11) is 3.57. The Morgan fingerprint density at radius 1 is 0.875 bits per heavy atom. The molecule has 0 N–H and O–H groups in total. The molecule has 4 amide bonds. The van der Waals surface area contributed by atoms with Gasteiger partial charge in [0.05, 0.1) is 36.7 Å². The number of fused-ring (bicyclic) bond motifs is 5. The summed E-state index contributed by atoms with van der Waals surface area (Å²) in [6, 6.07) is 12.8. The van der Waals surface area contributed by atoms with Crippen LogP contribution < -0.4 is 24.0 Å². The van der Waals surface area contributed by atoms with Gasteiger partial charge >= 0.3 is 12.2 Å². The van der Waals surface area contributed by atoms with E-state index in [9.17, 15) is 19.2 Å². The molecule has 64 heavy (non-hydrogen) atoms. The number of anilines is 2. The fourth-order valence-electron chi connectivity index (χ4n) is 9.78. The summed E-state index contributed by atoms with van der Waals surface area (Å²) in [5.74, 6) is 1.18. The van der Waals surface area contributed by atoms with Crippen molar-refractivity contribution in [2.75, 3.05) is 83.0 Å². The molecule has 344 valence electrons. The second-order valence-electron chi connectivity index (χ2n) is 17.4. The van der Waals surface area contributed by atoms with Crippen molar-refractivity contribution < 1.29 is 47.6 Å². The van der Waals surface area contributed by atoms with E-state index in [0.717, 1.165) is 73.6 Å². The highest BCUT2D eigenvalue weighted by Gasteiger charge is 2.47. The Kier molecular flexibility index (Phi) is 14.6. The lowest BCUT2D eigenvalue weighted by Crippen LogP contribution is -2.57. The Balaban J connectivity index is 0.953. The van der Waals surface area contributed by atoms with Crippen LogP contribution in [0.1, 0.15) is 99.4 Å². The maximum Gasteiger partial charge on any atom is 0.416 e. The van der Waals surface area contributed by atoms with Gasteiger partial charge < -0.3 is 48.0 Å². The molecule has 3 aromatic carbocycles. The van der Waals surface area contributed by atoms with Crippen LogP contribution in [0.3, 0.4) is 0 Å². The summed E-state index contributed by atoms with van der Waals surface area (Å²) >= 11 is 0. The van der Waals surface area contributed by atoms with Crippen molar-refractivity contribution in [1.29, 1.82) is 0 Å². The van der Waals surface area contributed by atoms with Crippen LogP contribution in [0.15, 0.2) is 55.1 Å². The van der Waals surface area contributed by atoms with Crippen LogP contribution in [-0.2, 0) is 19.0 Å². The topological polar surface area (TPSA) is 140 Å². The molecule has 5 aliphatic rings. The molecular formula is C49H63N5O10. The van der Waals surface area contributed by atoms with Crippen LogP contribution in [0.2, 0.25) is 0 Å². The zero-order chi connectivity index (χ0) is 44.7. The van der Waals surface area contributed by atoms with Gasteiger partial charge in [-0.05, 0) is 88.3 Å². The second kappa shape index (κ2) is 20.6. The maximum atomic E-state index is 14.3. The summed E-state index contributed by atoms with van der Waals surface area (Å²) in [6.45, 7) is 10.6. The Morgan fingerprint density at radius 3 is 2.41 bits per heavy atom. The van der Waals surface area contributed by atoms with Crippen molar-refractivity contribution in [2.45, 2.75) is 102 Å². The number of likely N-dealkylation sites (N-methyl/N-ethyl adjacent to an activating group) is 1. The minimum atomic E-state index is -0.859. The number of hydrogen-bond donors (Lipinski definition) is 0. The van der Waals surface area contributed by atoms with Crippen molar-refractivity contribution in [3.8, 4) is 17.2 Å². The molecule has 0 aromatic heterocycles. The predicted molar refractivity (Wildman–Crippen MR) is 243 cm³/mol. The van der Waals surface area contributed by atoms with E-state index in [1.165, 1.54) is 18.1 Å². The van der Waals surface area contributed by atoms with Gasteiger partial charge in [-0.15, -0.1) is 0 Å². The van der Waals surface area contributed by atoms with Gasteiger partial charge in [0.15, 0.2) is 24.0 Å². The number of hydrogen-bond acceptors (Lipinski definition) is 11. The van der Waals surface area contributed by atoms with E-state index in [1.807, 2.05) is 41.1 Å². The SMILES string of the molecule is C=CCOC(=O)N1c2cc(OCCCCCC(=O)N3C[C@@H](CC)c4c3cc(OC(=O)N3CCN(C)CC3)c3ccccc43)c(OC)cc2C(=O)N2CCCC[C@H]2C1OC1CCCCO1. The number of carbonyl (C=O) groups is 4.